The maximum absolute atomic E-state index is 12.2. The fourth-order valence-corrected chi connectivity index (χ4v) is 2.96. The minimum atomic E-state index is -0.963. The van der Waals surface area contributed by atoms with Crippen LogP contribution >= 0.6 is 0 Å². The number of carboxylic acid groups (broad SMARTS) is 1. The maximum atomic E-state index is 12.2. The SMILES string of the molecule is CCOC(Cc1ccc(OCCc2ccc(N(C)C(=O)OC(C)(C)C)cc2)cc1)C(=O)O. The number of hydrogen-bond donors (Lipinski definition) is 1. The number of carbonyl (C=O) groups excluding carboxylic acids is 1. The van der Waals surface area contributed by atoms with Gasteiger partial charge in [-0.1, -0.05) is 24.3 Å². The third kappa shape index (κ3) is 8.23. The molecule has 0 aromatic heterocycles. The number of carboxylic acids is 1. The summed E-state index contributed by atoms with van der Waals surface area (Å²) < 4.78 is 16.4. The average molecular weight is 444 g/mol. The van der Waals surface area contributed by atoms with Crippen LogP contribution in [-0.2, 0) is 27.1 Å². The van der Waals surface area contributed by atoms with Crippen LogP contribution in [0.4, 0.5) is 10.5 Å². The number of ether oxygens (including phenoxy) is 3. The molecule has 32 heavy (non-hydrogen) atoms. The Bertz CT molecular complexity index is 871. The quantitative estimate of drug-likeness (QED) is 0.572. The third-order valence-electron chi connectivity index (χ3n) is 4.64. The van der Waals surface area contributed by atoms with Crippen LogP contribution in [0.25, 0.3) is 0 Å². The standard InChI is InChI=1S/C25H33NO6/c1-6-30-22(23(27)28)17-19-9-13-21(14-10-19)31-16-15-18-7-11-20(12-8-18)26(5)24(29)32-25(2,3)4/h7-14,22H,6,15-17H2,1-5H3,(H,27,28). The third-order valence-corrected chi connectivity index (χ3v) is 4.64. The Balaban J connectivity index is 1.83. The molecule has 2 aromatic carbocycles. The summed E-state index contributed by atoms with van der Waals surface area (Å²) in [6.07, 6.45) is -0.214. The van der Waals surface area contributed by atoms with Crippen LogP contribution in [-0.4, -0.2) is 49.1 Å². The van der Waals surface area contributed by atoms with Crippen LogP contribution in [0.2, 0.25) is 0 Å². The van der Waals surface area contributed by atoms with Gasteiger partial charge in [0.25, 0.3) is 0 Å². The molecule has 7 heteroatoms. The molecule has 0 aliphatic carbocycles. The number of anilines is 1. The van der Waals surface area contributed by atoms with Crippen LogP contribution < -0.4 is 9.64 Å². The first-order valence-electron chi connectivity index (χ1n) is 10.7. The van der Waals surface area contributed by atoms with E-state index in [-0.39, 0.29) is 0 Å². The molecule has 7 nitrogen and oxygen atoms in total. The predicted molar refractivity (Wildman–Crippen MR) is 123 cm³/mol. The first-order valence-corrected chi connectivity index (χ1v) is 10.7. The Morgan fingerprint density at radius 3 is 2.12 bits per heavy atom. The normalized spacial score (nSPS) is 12.2. The summed E-state index contributed by atoms with van der Waals surface area (Å²) in [6.45, 7) is 8.14. The highest BCUT2D eigenvalue weighted by molar-refractivity contribution is 5.87. The van der Waals surface area contributed by atoms with Crippen LogP contribution in [0.5, 0.6) is 5.75 Å². The fraction of sp³-hybridized carbons (Fsp3) is 0.440. The lowest BCUT2D eigenvalue weighted by Crippen LogP contribution is -2.34. The summed E-state index contributed by atoms with van der Waals surface area (Å²) >= 11 is 0. The minimum Gasteiger partial charge on any atom is -0.493 e. The summed E-state index contributed by atoms with van der Waals surface area (Å²) in [5.74, 6) is -0.242. The van der Waals surface area contributed by atoms with Crippen molar-refractivity contribution < 1.29 is 28.9 Å². The van der Waals surface area contributed by atoms with E-state index in [0.717, 1.165) is 22.6 Å². The number of nitrogens with zero attached hydrogens (tertiary/aromatic N) is 1. The zero-order valence-electron chi connectivity index (χ0n) is 19.5. The molecular weight excluding hydrogens is 410 g/mol. The molecule has 1 atom stereocenters. The number of aliphatic carboxylic acids is 1. The molecule has 0 saturated heterocycles. The van der Waals surface area contributed by atoms with Gasteiger partial charge in [-0.05, 0) is 63.1 Å². The van der Waals surface area contributed by atoms with E-state index in [1.54, 1.807) is 14.0 Å². The van der Waals surface area contributed by atoms with Crippen molar-refractivity contribution in [2.75, 3.05) is 25.2 Å². The van der Waals surface area contributed by atoms with Gasteiger partial charge in [0.05, 0.1) is 6.61 Å². The molecule has 0 fully saturated rings. The van der Waals surface area contributed by atoms with E-state index in [0.29, 0.717) is 26.1 Å². The minimum absolute atomic E-state index is 0.313. The largest absolute Gasteiger partial charge is 0.493 e. The van der Waals surface area contributed by atoms with E-state index in [9.17, 15) is 14.7 Å². The monoisotopic (exact) mass is 443 g/mol. The zero-order chi connectivity index (χ0) is 23.7. The van der Waals surface area contributed by atoms with Gasteiger partial charge in [0.2, 0.25) is 0 Å². The number of hydrogen-bond acceptors (Lipinski definition) is 5. The second-order valence-electron chi connectivity index (χ2n) is 8.43. The summed E-state index contributed by atoms with van der Waals surface area (Å²) in [7, 11) is 1.68. The average Bonchev–Trinajstić information content (AvgIpc) is 2.73. The number of rotatable bonds is 10. The fourth-order valence-electron chi connectivity index (χ4n) is 2.96. The molecule has 2 rings (SSSR count). The van der Waals surface area contributed by atoms with E-state index in [4.69, 9.17) is 14.2 Å². The molecule has 0 bridgehead atoms. The Labute approximate surface area is 189 Å². The van der Waals surface area contributed by atoms with Crippen molar-refractivity contribution in [3.8, 4) is 5.75 Å². The predicted octanol–water partition coefficient (Wildman–Crippen LogP) is 4.71. The lowest BCUT2D eigenvalue weighted by atomic mass is 10.1. The van der Waals surface area contributed by atoms with Gasteiger partial charge in [-0.2, -0.15) is 0 Å². The lowest BCUT2D eigenvalue weighted by molar-refractivity contribution is -0.149. The van der Waals surface area contributed by atoms with Crippen LogP contribution in [0.15, 0.2) is 48.5 Å². The van der Waals surface area contributed by atoms with Crippen molar-refractivity contribution in [2.45, 2.75) is 52.2 Å². The van der Waals surface area contributed by atoms with Crippen molar-refractivity contribution in [1.29, 1.82) is 0 Å². The van der Waals surface area contributed by atoms with Gasteiger partial charge in [-0.15, -0.1) is 0 Å². The molecular formula is C25H33NO6. The Hall–Kier alpha value is -3.06. The van der Waals surface area contributed by atoms with Gasteiger partial charge in [0.1, 0.15) is 11.4 Å². The maximum Gasteiger partial charge on any atom is 0.414 e. The highest BCUT2D eigenvalue weighted by Crippen LogP contribution is 2.19. The Morgan fingerprint density at radius 1 is 1.00 bits per heavy atom. The smallest absolute Gasteiger partial charge is 0.414 e. The van der Waals surface area contributed by atoms with Gasteiger partial charge < -0.3 is 19.3 Å². The Kier molecular flexibility index (Phi) is 9.08. The summed E-state index contributed by atoms with van der Waals surface area (Å²) in [5, 5.41) is 9.19. The van der Waals surface area contributed by atoms with E-state index in [2.05, 4.69) is 0 Å². The van der Waals surface area contributed by atoms with Crippen molar-refractivity contribution in [2.24, 2.45) is 0 Å². The molecule has 1 unspecified atom stereocenters. The number of carbonyl (C=O) groups is 2. The van der Waals surface area contributed by atoms with E-state index in [1.807, 2.05) is 69.3 Å². The molecule has 0 radical (unpaired) electrons. The van der Waals surface area contributed by atoms with Gasteiger partial charge in [0.15, 0.2) is 6.10 Å². The van der Waals surface area contributed by atoms with Crippen molar-refractivity contribution >= 4 is 17.7 Å². The summed E-state index contributed by atoms with van der Waals surface area (Å²) in [6, 6.07) is 15.1. The molecule has 174 valence electrons. The zero-order valence-corrected chi connectivity index (χ0v) is 19.5. The Morgan fingerprint density at radius 2 is 1.59 bits per heavy atom. The second-order valence-corrected chi connectivity index (χ2v) is 8.43. The molecule has 2 aromatic rings. The highest BCUT2D eigenvalue weighted by atomic mass is 16.6. The van der Waals surface area contributed by atoms with Crippen molar-refractivity contribution in [1.82, 2.24) is 0 Å². The molecule has 0 saturated carbocycles. The highest BCUT2D eigenvalue weighted by Gasteiger charge is 2.20. The molecule has 0 spiro atoms. The van der Waals surface area contributed by atoms with Crippen molar-refractivity contribution in [3.63, 3.8) is 0 Å². The summed E-state index contributed by atoms with van der Waals surface area (Å²) in [4.78, 5) is 24.9. The number of benzene rings is 2. The van der Waals surface area contributed by atoms with E-state index in [1.165, 1.54) is 4.90 Å². The van der Waals surface area contributed by atoms with Crippen molar-refractivity contribution in [3.05, 3.63) is 59.7 Å². The molecule has 0 aliphatic heterocycles. The summed E-state index contributed by atoms with van der Waals surface area (Å²) in [5.41, 5.74) is 2.18. The van der Waals surface area contributed by atoms with Gasteiger partial charge in [0, 0.05) is 32.2 Å². The van der Waals surface area contributed by atoms with Crippen LogP contribution in [0.1, 0.15) is 38.8 Å². The molecule has 0 aliphatic rings. The molecule has 1 amide bonds. The van der Waals surface area contributed by atoms with E-state index < -0.39 is 23.8 Å². The van der Waals surface area contributed by atoms with Gasteiger partial charge in [-0.3, -0.25) is 4.90 Å². The first kappa shape index (κ1) is 25.2. The van der Waals surface area contributed by atoms with Crippen LogP contribution in [0, 0.1) is 0 Å². The van der Waals surface area contributed by atoms with Gasteiger partial charge >= 0.3 is 12.1 Å². The topological polar surface area (TPSA) is 85.3 Å². The van der Waals surface area contributed by atoms with Gasteiger partial charge in [-0.25, -0.2) is 9.59 Å². The lowest BCUT2D eigenvalue weighted by Gasteiger charge is -2.24. The number of amides is 1. The first-order chi connectivity index (χ1) is 15.1. The molecule has 0 heterocycles. The second kappa shape index (κ2) is 11.5. The molecule has 1 N–H and O–H groups in total. The van der Waals surface area contributed by atoms with E-state index >= 15 is 0 Å². The van der Waals surface area contributed by atoms with Crippen LogP contribution in [0.3, 0.4) is 0 Å².